The summed E-state index contributed by atoms with van der Waals surface area (Å²) in [5.74, 6) is -0.433. The molecule has 0 radical (unpaired) electrons. The van der Waals surface area contributed by atoms with Crippen LogP contribution in [0.5, 0.6) is 0 Å². The van der Waals surface area contributed by atoms with Gasteiger partial charge in [-0.25, -0.2) is 0 Å². The number of carbonyl (C=O) groups excluding carboxylic acids is 1. The number of rotatable bonds is 1. The SMILES string of the molecule is Clc1cncc(Cl)c1.NC(=O)c1cc2c(Cl)cncc2s1. The molecule has 21 heavy (non-hydrogen) atoms. The van der Waals surface area contributed by atoms with E-state index in [1.54, 1.807) is 24.5 Å². The van der Waals surface area contributed by atoms with Crippen molar-refractivity contribution < 1.29 is 4.79 Å². The fourth-order valence-corrected chi connectivity index (χ4v) is 3.01. The van der Waals surface area contributed by atoms with Crippen molar-refractivity contribution in [1.82, 2.24) is 9.97 Å². The van der Waals surface area contributed by atoms with Crippen LogP contribution in [-0.4, -0.2) is 15.9 Å². The minimum Gasteiger partial charge on any atom is -0.365 e. The van der Waals surface area contributed by atoms with Crippen molar-refractivity contribution >= 4 is 62.1 Å². The standard InChI is InChI=1S/C8H5ClN2OS.C5H3Cl2N/c9-5-2-11-3-7-4(5)1-6(13-7)8(10)12;6-4-1-5(7)3-8-2-4/h1-3H,(H2,10,12);1-3H. The van der Waals surface area contributed by atoms with E-state index in [1.807, 2.05) is 0 Å². The Morgan fingerprint density at radius 3 is 2.10 bits per heavy atom. The lowest BCUT2D eigenvalue weighted by atomic mass is 10.3. The molecule has 0 aliphatic heterocycles. The van der Waals surface area contributed by atoms with Crippen molar-refractivity contribution in [3.8, 4) is 0 Å². The summed E-state index contributed by atoms with van der Waals surface area (Å²) in [4.78, 5) is 19.0. The molecule has 3 aromatic rings. The second-order valence-corrected chi connectivity index (χ2v) is 6.19. The number of nitrogens with zero attached hydrogens (tertiary/aromatic N) is 2. The fourth-order valence-electron chi connectivity index (χ4n) is 1.43. The Labute approximate surface area is 139 Å². The van der Waals surface area contributed by atoms with Crippen LogP contribution in [0, 0.1) is 0 Å². The molecule has 0 spiro atoms. The monoisotopic (exact) mass is 359 g/mol. The summed E-state index contributed by atoms with van der Waals surface area (Å²) < 4.78 is 0.876. The van der Waals surface area contributed by atoms with E-state index in [-0.39, 0.29) is 0 Å². The first kappa shape index (κ1) is 16.0. The van der Waals surface area contributed by atoms with Crippen molar-refractivity contribution in [2.45, 2.75) is 0 Å². The van der Waals surface area contributed by atoms with E-state index in [4.69, 9.17) is 40.5 Å². The largest absolute Gasteiger partial charge is 0.365 e. The van der Waals surface area contributed by atoms with Crippen LogP contribution in [0.25, 0.3) is 10.1 Å². The molecule has 0 unspecified atom stereocenters. The third kappa shape index (κ3) is 4.28. The van der Waals surface area contributed by atoms with Crippen LogP contribution in [0.2, 0.25) is 15.1 Å². The van der Waals surface area contributed by atoms with Crippen molar-refractivity contribution in [1.29, 1.82) is 0 Å². The summed E-state index contributed by atoms with van der Waals surface area (Å²) in [6.07, 6.45) is 6.28. The van der Waals surface area contributed by atoms with Gasteiger partial charge in [0.05, 0.1) is 24.6 Å². The lowest BCUT2D eigenvalue weighted by molar-refractivity contribution is 0.100. The maximum atomic E-state index is 10.9. The molecule has 8 heteroatoms. The second-order valence-electron chi connectivity index (χ2n) is 3.83. The Morgan fingerprint density at radius 1 is 1.00 bits per heavy atom. The molecule has 0 bridgehead atoms. The van der Waals surface area contributed by atoms with Crippen LogP contribution >= 0.6 is 46.1 Å². The van der Waals surface area contributed by atoms with Crippen LogP contribution in [0.15, 0.2) is 36.9 Å². The quantitative estimate of drug-likeness (QED) is 0.697. The first-order valence-corrected chi connectivity index (χ1v) is 7.51. The Hall–Kier alpha value is -1.40. The molecule has 2 N–H and O–H groups in total. The second kappa shape index (κ2) is 7.04. The van der Waals surface area contributed by atoms with Crippen LogP contribution in [0.4, 0.5) is 0 Å². The fraction of sp³-hybridized carbons (Fsp3) is 0. The summed E-state index contributed by atoms with van der Waals surface area (Å²) in [7, 11) is 0. The molecular weight excluding hydrogens is 353 g/mol. The third-order valence-corrected chi connectivity index (χ3v) is 4.11. The Balaban J connectivity index is 0.000000173. The van der Waals surface area contributed by atoms with E-state index in [2.05, 4.69) is 9.97 Å². The number of primary amides is 1. The van der Waals surface area contributed by atoms with Gasteiger partial charge in [0.2, 0.25) is 0 Å². The highest BCUT2D eigenvalue weighted by molar-refractivity contribution is 7.20. The highest BCUT2D eigenvalue weighted by atomic mass is 35.5. The predicted molar refractivity (Wildman–Crippen MR) is 87.4 cm³/mol. The van der Waals surface area contributed by atoms with Crippen LogP contribution < -0.4 is 5.73 Å². The summed E-state index contributed by atoms with van der Waals surface area (Å²) in [5.41, 5.74) is 5.14. The molecule has 0 aliphatic rings. The van der Waals surface area contributed by atoms with Crippen LogP contribution in [0.3, 0.4) is 0 Å². The lowest BCUT2D eigenvalue weighted by Gasteiger charge is -1.88. The smallest absolute Gasteiger partial charge is 0.258 e. The van der Waals surface area contributed by atoms with E-state index >= 15 is 0 Å². The van der Waals surface area contributed by atoms with Gasteiger partial charge < -0.3 is 5.73 Å². The minimum absolute atomic E-state index is 0.433. The number of nitrogens with two attached hydrogens (primary N) is 1. The molecule has 4 nitrogen and oxygen atoms in total. The van der Waals surface area contributed by atoms with Gasteiger partial charge in [-0.15, -0.1) is 11.3 Å². The van der Waals surface area contributed by atoms with Crippen molar-refractivity contribution in [3.05, 3.63) is 56.9 Å². The first-order valence-electron chi connectivity index (χ1n) is 5.56. The topological polar surface area (TPSA) is 68.9 Å². The van der Waals surface area contributed by atoms with Gasteiger partial charge in [-0.05, 0) is 12.1 Å². The number of aromatic nitrogens is 2. The Kier molecular flexibility index (Phi) is 5.36. The van der Waals surface area contributed by atoms with Gasteiger partial charge >= 0.3 is 0 Å². The van der Waals surface area contributed by atoms with Crippen molar-refractivity contribution in [3.63, 3.8) is 0 Å². The molecular formula is C13H8Cl3N3OS. The van der Waals surface area contributed by atoms with Crippen LogP contribution in [0.1, 0.15) is 9.67 Å². The Morgan fingerprint density at radius 2 is 1.62 bits per heavy atom. The number of hydrogen-bond acceptors (Lipinski definition) is 4. The van der Waals surface area contributed by atoms with Gasteiger partial charge in [-0.1, -0.05) is 34.8 Å². The number of amides is 1. The van der Waals surface area contributed by atoms with Crippen LogP contribution in [-0.2, 0) is 0 Å². The van der Waals surface area contributed by atoms with Gasteiger partial charge in [0.25, 0.3) is 5.91 Å². The Bertz CT molecular complexity index is 774. The maximum absolute atomic E-state index is 10.9. The normalized spacial score (nSPS) is 10.0. The molecule has 0 atom stereocenters. The highest BCUT2D eigenvalue weighted by Crippen LogP contribution is 2.29. The molecule has 0 aromatic carbocycles. The summed E-state index contributed by atoms with van der Waals surface area (Å²) in [6, 6.07) is 3.32. The summed E-state index contributed by atoms with van der Waals surface area (Å²) in [6.45, 7) is 0. The number of fused-ring (bicyclic) bond motifs is 1. The zero-order valence-electron chi connectivity index (χ0n) is 10.4. The average molecular weight is 361 g/mol. The van der Waals surface area contributed by atoms with Gasteiger partial charge in [0.1, 0.15) is 0 Å². The molecule has 108 valence electrons. The third-order valence-electron chi connectivity index (χ3n) is 2.31. The van der Waals surface area contributed by atoms with Gasteiger partial charge in [0, 0.05) is 30.2 Å². The number of hydrogen-bond donors (Lipinski definition) is 1. The zero-order chi connectivity index (χ0) is 15.4. The molecule has 0 saturated heterocycles. The number of carbonyl (C=O) groups is 1. The minimum atomic E-state index is -0.433. The van der Waals surface area contributed by atoms with E-state index in [9.17, 15) is 4.79 Å². The molecule has 1 amide bonds. The molecule has 3 rings (SSSR count). The van der Waals surface area contributed by atoms with Gasteiger partial charge in [0.15, 0.2) is 0 Å². The summed E-state index contributed by atoms with van der Waals surface area (Å²) in [5, 5.41) is 2.51. The predicted octanol–water partition coefficient (Wildman–Crippen LogP) is 4.44. The molecule has 0 fully saturated rings. The highest BCUT2D eigenvalue weighted by Gasteiger charge is 2.08. The number of thiophene rings is 1. The average Bonchev–Trinajstić information content (AvgIpc) is 2.85. The molecule has 0 saturated carbocycles. The molecule has 3 heterocycles. The zero-order valence-corrected chi connectivity index (χ0v) is 13.5. The summed E-state index contributed by atoms with van der Waals surface area (Å²) >= 11 is 18.2. The van der Waals surface area contributed by atoms with E-state index in [0.29, 0.717) is 19.9 Å². The van der Waals surface area contributed by atoms with Gasteiger partial charge in [-0.2, -0.15) is 0 Å². The van der Waals surface area contributed by atoms with E-state index in [1.165, 1.54) is 23.7 Å². The number of halogens is 3. The number of pyridine rings is 2. The van der Waals surface area contributed by atoms with Gasteiger partial charge in [-0.3, -0.25) is 14.8 Å². The van der Waals surface area contributed by atoms with E-state index in [0.717, 1.165) is 10.1 Å². The molecule has 0 aliphatic carbocycles. The maximum Gasteiger partial charge on any atom is 0.258 e. The van der Waals surface area contributed by atoms with E-state index < -0.39 is 5.91 Å². The van der Waals surface area contributed by atoms with Crippen molar-refractivity contribution in [2.75, 3.05) is 0 Å². The van der Waals surface area contributed by atoms with Crippen molar-refractivity contribution in [2.24, 2.45) is 5.73 Å². The lowest BCUT2D eigenvalue weighted by Crippen LogP contribution is -2.07. The first-order chi connectivity index (χ1) is 9.97. The molecule has 3 aromatic heterocycles.